The third-order valence-electron chi connectivity index (χ3n) is 4.96. The number of imide groups is 2. The molecule has 3 N–H and O–H groups in total. The van der Waals surface area contributed by atoms with Crippen molar-refractivity contribution in [2.24, 2.45) is 0 Å². The molecule has 1 saturated heterocycles. The van der Waals surface area contributed by atoms with Crippen LogP contribution < -0.4 is 20.7 Å². The molecule has 2 aliphatic rings. The lowest BCUT2D eigenvalue weighted by Gasteiger charge is -2.27. The number of hydrogen-bond acceptors (Lipinski definition) is 7. The fraction of sp³-hybridized carbons (Fsp3) is 0.400. The zero-order valence-electron chi connectivity index (χ0n) is 16.9. The van der Waals surface area contributed by atoms with Crippen LogP contribution in [0.4, 0.5) is 0 Å². The van der Waals surface area contributed by atoms with E-state index in [-0.39, 0.29) is 42.2 Å². The number of piperidine rings is 1. The summed E-state index contributed by atoms with van der Waals surface area (Å²) in [7, 11) is 1.54. The molecule has 1 unspecified atom stereocenters. The molecular formula is C20H22N4O7. The molecule has 1 fully saturated rings. The van der Waals surface area contributed by atoms with E-state index in [9.17, 15) is 28.8 Å². The number of nitrogens with one attached hydrogen (secondary N) is 3. The highest BCUT2D eigenvalue weighted by molar-refractivity contribution is 6.23. The van der Waals surface area contributed by atoms with Gasteiger partial charge in [0.2, 0.25) is 17.7 Å². The molecule has 11 nitrogen and oxygen atoms in total. The van der Waals surface area contributed by atoms with Crippen molar-refractivity contribution in [2.75, 3.05) is 20.2 Å². The second-order valence-corrected chi connectivity index (χ2v) is 7.07. The van der Waals surface area contributed by atoms with Gasteiger partial charge >= 0.3 is 0 Å². The Labute approximate surface area is 177 Å². The molecule has 1 aromatic rings. The van der Waals surface area contributed by atoms with Crippen molar-refractivity contribution in [3.63, 3.8) is 0 Å². The molecule has 31 heavy (non-hydrogen) atoms. The van der Waals surface area contributed by atoms with Crippen molar-refractivity contribution in [2.45, 2.75) is 31.7 Å². The molecule has 164 valence electrons. The van der Waals surface area contributed by atoms with Gasteiger partial charge in [0.25, 0.3) is 17.7 Å². The van der Waals surface area contributed by atoms with Crippen LogP contribution in [-0.4, -0.2) is 66.6 Å². The highest BCUT2D eigenvalue weighted by Gasteiger charge is 2.44. The predicted octanol–water partition coefficient (Wildman–Crippen LogP) is -0.891. The van der Waals surface area contributed by atoms with Crippen molar-refractivity contribution < 1.29 is 33.5 Å². The molecule has 0 aromatic heterocycles. The molecule has 1 atom stereocenters. The molecule has 0 aliphatic carbocycles. The second-order valence-electron chi connectivity index (χ2n) is 7.07. The summed E-state index contributed by atoms with van der Waals surface area (Å²) in [6.07, 6.45) is 0.884. The Bertz CT molecular complexity index is 959. The van der Waals surface area contributed by atoms with Gasteiger partial charge in [0.15, 0.2) is 6.61 Å². The van der Waals surface area contributed by atoms with Crippen molar-refractivity contribution in [3.05, 3.63) is 29.3 Å². The fourth-order valence-corrected chi connectivity index (χ4v) is 3.34. The normalized spacial score (nSPS) is 17.8. The number of amides is 6. The van der Waals surface area contributed by atoms with Crippen LogP contribution in [0.25, 0.3) is 0 Å². The number of nitrogens with zero attached hydrogens (tertiary/aromatic N) is 1. The van der Waals surface area contributed by atoms with E-state index in [4.69, 9.17) is 4.74 Å². The third-order valence-corrected chi connectivity index (χ3v) is 4.96. The first-order valence-electron chi connectivity index (χ1n) is 9.77. The van der Waals surface area contributed by atoms with Gasteiger partial charge in [-0.3, -0.25) is 39.0 Å². The SMILES string of the molecule is CNC(=O)CCCNC(=O)COc1ccc2c(c1)C(=O)N(C1CCC(=O)NC1=O)C2=O. The van der Waals surface area contributed by atoms with Gasteiger partial charge in [0.1, 0.15) is 11.8 Å². The Kier molecular flexibility index (Phi) is 6.63. The summed E-state index contributed by atoms with van der Waals surface area (Å²) < 4.78 is 5.39. The van der Waals surface area contributed by atoms with Crippen LogP contribution >= 0.6 is 0 Å². The number of fused-ring (bicyclic) bond motifs is 1. The first kappa shape index (κ1) is 21.9. The van der Waals surface area contributed by atoms with Crippen LogP contribution in [0.15, 0.2) is 18.2 Å². The van der Waals surface area contributed by atoms with E-state index in [1.165, 1.54) is 25.2 Å². The van der Waals surface area contributed by atoms with E-state index >= 15 is 0 Å². The van der Waals surface area contributed by atoms with E-state index in [1.807, 2.05) is 0 Å². The van der Waals surface area contributed by atoms with Crippen LogP contribution in [0.5, 0.6) is 5.75 Å². The average Bonchev–Trinajstić information content (AvgIpc) is 2.99. The molecule has 0 radical (unpaired) electrons. The zero-order chi connectivity index (χ0) is 22.5. The third kappa shape index (κ3) is 4.87. The Hall–Kier alpha value is -3.76. The standard InChI is InChI=1S/C20H22N4O7/c1-21-15(25)3-2-8-22-17(27)10-31-11-4-5-12-13(9-11)20(30)24(19(12)29)14-6-7-16(26)23-18(14)28/h4-5,9,14H,2-3,6-8,10H2,1H3,(H,21,25)(H,22,27)(H,23,26,28). The molecule has 2 aliphatic heterocycles. The number of carbonyl (C=O) groups is 6. The Morgan fingerprint density at radius 3 is 2.58 bits per heavy atom. The first-order chi connectivity index (χ1) is 14.8. The molecule has 6 amide bonds. The maximum Gasteiger partial charge on any atom is 0.262 e. The van der Waals surface area contributed by atoms with E-state index in [0.29, 0.717) is 19.4 Å². The monoisotopic (exact) mass is 430 g/mol. The number of carbonyl (C=O) groups excluding carboxylic acids is 6. The van der Waals surface area contributed by atoms with Gasteiger partial charge in [-0.1, -0.05) is 0 Å². The minimum atomic E-state index is -1.05. The smallest absolute Gasteiger partial charge is 0.262 e. The molecule has 0 bridgehead atoms. The van der Waals surface area contributed by atoms with Gasteiger partial charge in [-0.05, 0) is 31.0 Å². The quantitative estimate of drug-likeness (QED) is 0.357. The number of rotatable bonds is 8. The Balaban J connectivity index is 1.58. The van der Waals surface area contributed by atoms with Gasteiger partial charge in [0, 0.05) is 26.4 Å². The average molecular weight is 430 g/mol. The lowest BCUT2D eigenvalue weighted by molar-refractivity contribution is -0.136. The summed E-state index contributed by atoms with van der Waals surface area (Å²) in [6.45, 7) is 0.00542. The Morgan fingerprint density at radius 2 is 1.87 bits per heavy atom. The molecule has 2 heterocycles. The van der Waals surface area contributed by atoms with Crippen LogP contribution in [-0.2, 0) is 19.2 Å². The van der Waals surface area contributed by atoms with Crippen LogP contribution in [0.3, 0.4) is 0 Å². The van der Waals surface area contributed by atoms with Gasteiger partial charge in [-0.25, -0.2) is 0 Å². The summed E-state index contributed by atoms with van der Waals surface area (Å²) >= 11 is 0. The summed E-state index contributed by atoms with van der Waals surface area (Å²) in [4.78, 5) is 72.6. The van der Waals surface area contributed by atoms with Gasteiger partial charge < -0.3 is 15.4 Å². The minimum Gasteiger partial charge on any atom is -0.484 e. The summed E-state index contributed by atoms with van der Waals surface area (Å²) in [6, 6.07) is 3.16. The summed E-state index contributed by atoms with van der Waals surface area (Å²) in [5.74, 6) is -2.70. The van der Waals surface area contributed by atoms with Gasteiger partial charge in [0.05, 0.1) is 11.1 Å². The molecule has 11 heteroatoms. The van der Waals surface area contributed by atoms with Crippen molar-refractivity contribution in [1.82, 2.24) is 20.9 Å². The van der Waals surface area contributed by atoms with Gasteiger partial charge in [-0.15, -0.1) is 0 Å². The van der Waals surface area contributed by atoms with Crippen LogP contribution in [0, 0.1) is 0 Å². The van der Waals surface area contributed by atoms with Gasteiger partial charge in [-0.2, -0.15) is 0 Å². The summed E-state index contributed by atoms with van der Waals surface area (Å²) in [5.41, 5.74) is 0.193. The van der Waals surface area contributed by atoms with E-state index in [2.05, 4.69) is 16.0 Å². The van der Waals surface area contributed by atoms with E-state index in [0.717, 1.165) is 4.90 Å². The lowest BCUT2D eigenvalue weighted by atomic mass is 10.0. The first-order valence-corrected chi connectivity index (χ1v) is 9.77. The maximum absolute atomic E-state index is 12.8. The maximum atomic E-state index is 12.8. The Morgan fingerprint density at radius 1 is 1.13 bits per heavy atom. The predicted molar refractivity (Wildman–Crippen MR) is 105 cm³/mol. The minimum absolute atomic E-state index is 0.0381. The van der Waals surface area contributed by atoms with Crippen molar-refractivity contribution in [3.8, 4) is 5.75 Å². The lowest BCUT2D eigenvalue weighted by Crippen LogP contribution is -2.54. The molecular weight excluding hydrogens is 408 g/mol. The topological polar surface area (TPSA) is 151 Å². The summed E-state index contributed by atoms with van der Waals surface area (Å²) in [5, 5.41) is 7.23. The second kappa shape index (κ2) is 9.37. The zero-order valence-corrected chi connectivity index (χ0v) is 16.9. The largest absolute Gasteiger partial charge is 0.484 e. The molecule has 0 saturated carbocycles. The molecule has 0 spiro atoms. The molecule has 3 rings (SSSR count). The number of benzene rings is 1. The van der Waals surface area contributed by atoms with Crippen molar-refractivity contribution >= 4 is 35.4 Å². The van der Waals surface area contributed by atoms with E-state index < -0.39 is 35.6 Å². The van der Waals surface area contributed by atoms with Crippen LogP contribution in [0.2, 0.25) is 0 Å². The number of hydrogen-bond donors (Lipinski definition) is 3. The van der Waals surface area contributed by atoms with E-state index in [1.54, 1.807) is 0 Å². The van der Waals surface area contributed by atoms with Crippen molar-refractivity contribution in [1.29, 1.82) is 0 Å². The van der Waals surface area contributed by atoms with Crippen LogP contribution in [0.1, 0.15) is 46.4 Å². The number of ether oxygens (including phenoxy) is 1. The fourth-order valence-electron chi connectivity index (χ4n) is 3.34. The highest BCUT2D eigenvalue weighted by Crippen LogP contribution is 2.30. The molecule has 1 aromatic carbocycles. The highest BCUT2D eigenvalue weighted by atomic mass is 16.5.